The second kappa shape index (κ2) is 47.3. The van der Waals surface area contributed by atoms with Gasteiger partial charge >= 0.3 is 0 Å². The number of hydrogen-bond donors (Lipinski definition) is 9. The van der Waals surface area contributed by atoms with E-state index in [-0.39, 0.29) is 23.5 Å². The van der Waals surface area contributed by atoms with E-state index in [2.05, 4.69) is 60.9 Å². The number of benzene rings is 3. The number of rotatable bonds is 24. The van der Waals surface area contributed by atoms with E-state index in [1.54, 1.807) is 26.8 Å². The SMILES string of the molecule is C=C(N)CCC(C)C(C)=O.C=CN=C(N)/C(C(=C)c1ccc(Oc2ccccc2)cc1)=C(/C)N.C=O.CCCC(CCCC1CCNCC1)CCNC(C)=O.CCCCCCN.Cc1ccc(C)c(C(N)=O)c1.NN. The first-order valence-electron chi connectivity index (χ1n) is 26.3. The first-order valence-corrected chi connectivity index (χ1v) is 26.3. The quantitative estimate of drug-likeness (QED) is 0.0101. The van der Waals surface area contributed by atoms with Crippen molar-refractivity contribution in [2.24, 2.45) is 63.1 Å². The number of ketones is 1. The van der Waals surface area contributed by atoms with Crippen molar-refractivity contribution in [3.63, 3.8) is 0 Å². The summed E-state index contributed by atoms with van der Waals surface area (Å²) in [7, 11) is 0. The molecular weight excluding hydrogens is 941 g/mol. The van der Waals surface area contributed by atoms with Crippen molar-refractivity contribution < 1.29 is 23.9 Å². The molecular formula is C60H100N10O5. The van der Waals surface area contributed by atoms with Crippen LogP contribution in [-0.2, 0) is 14.4 Å². The Bertz CT molecular complexity index is 2080. The third kappa shape index (κ3) is 37.9. The van der Waals surface area contributed by atoms with Gasteiger partial charge in [-0.25, -0.2) is 4.99 Å². The Morgan fingerprint density at radius 2 is 1.40 bits per heavy atom. The molecule has 1 saturated heterocycles. The van der Waals surface area contributed by atoms with Crippen LogP contribution in [0.2, 0.25) is 0 Å². The monoisotopic (exact) mass is 1040 g/mol. The van der Waals surface area contributed by atoms with E-state index in [0.717, 1.165) is 72.4 Å². The molecule has 0 spiro atoms. The molecule has 16 N–H and O–H groups in total. The smallest absolute Gasteiger partial charge is 0.248 e. The van der Waals surface area contributed by atoms with Gasteiger partial charge in [0.2, 0.25) is 11.8 Å². The molecule has 420 valence electrons. The molecule has 2 amide bonds. The Balaban J connectivity index is -0.000000904. The lowest BCUT2D eigenvalue weighted by molar-refractivity contribution is -0.120. The normalized spacial score (nSPS) is 12.7. The minimum Gasteiger partial charge on any atom is -0.457 e. The summed E-state index contributed by atoms with van der Waals surface area (Å²) < 4.78 is 5.78. The Morgan fingerprint density at radius 1 is 0.800 bits per heavy atom. The molecule has 0 aromatic heterocycles. The number of allylic oxidation sites excluding steroid dienone is 2. The third-order valence-electron chi connectivity index (χ3n) is 12.0. The van der Waals surface area contributed by atoms with Crippen LogP contribution in [-0.4, -0.2) is 56.4 Å². The van der Waals surface area contributed by atoms with E-state index in [1.807, 2.05) is 94.3 Å². The van der Waals surface area contributed by atoms with Crippen molar-refractivity contribution in [1.82, 2.24) is 10.6 Å². The molecule has 0 saturated carbocycles. The summed E-state index contributed by atoms with van der Waals surface area (Å²) in [6.07, 6.45) is 18.7. The predicted molar refractivity (Wildman–Crippen MR) is 317 cm³/mol. The van der Waals surface area contributed by atoms with Crippen LogP contribution < -0.4 is 55.7 Å². The highest BCUT2D eigenvalue weighted by Gasteiger charge is 2.15. The molecule has 3 aromatic rings. The van der Waals surface area contributed by atoms with Gasteiger partial charge in [-0.3, -0.25) is 26.1 Å². The standard InChI is InChI=1S/C20H21N3O.C16H32N2O.C9H11NO.C8H15NO.C6H15N.CH2O.H4N2/c1-4-23-20(22)19(15(3)21)14(2)16-10-12-18(13-11-16)24-17-8-6-5-7-9-17;1-3-5-15(10-13-18-14(2)19)6-4-7-16-8-11-17-12-9-16;1-6-3-4-7(2)8(5-6)9(10)11;1-6(8(3)10)4-5-7(2)9;1-2-3-4-5-6-7;2*1-2/h4-13H,1-2,21H2,3H3,(H2,22,23);15-17H,3-13H2,1-2H3,(H,18,19);3-5H,1-2H3,(H2,10,11);6H,2,4-5,9H2,1,3H3;2-7H2,1H3;1H2;1-2H2/b19-15-;;;;;;. The van der Waals surface area contributed by atoms with Crippen LogP contribution in [0.3, 0.4) is 0 Å². The molecule has 3 aromatic carbocycles. The number of hydrogen-bond acceptors (Lipinski definition) is 12. The van der Waals surface area contributed by atoms with Crippen LogP contribution in [0.25, 0.3) is 5.57 Å². The Labute approximate surface area is 452 Å². The van der Waals surface area contributed by atoms with Gasteiger partial charge < -0.3 is 48.8 Å². The number of nitrogens with zero attached hydrogens (tertiary/aromatic N) is 1. The van der Waals surface area contributed by atoms with Crippen LogP contribution >= 0.6 is 0 Å². The summed E-state index contributed by atoms with van der Waals surface area (Å²) in [6.45, 7) is 32.5. The number of amidine groups is 1. The minimum atomic E-state index is -0.355. The van der Waals surface area contributed by atoms with E-state index in [4.69, 9.17) is 38.2 Å². The van der Waals surface area contributed by atoms with Crippen LogP contribution in [0.4, 0.5) is 0 Å². The average Bonchev–Trinajstić information content (AvgIpc) is 3.39. The maximum absolute atomic E-state index is 10.9. The molecule has 4 rings (SSSR count). The van der Waals surface area contributed by atoms with Crippen molar-refractivity contribution in [2.45, 2.75) is 145 Å². The number of nitrogens with one attached hydrogen (secondary N) is 2. The first kappa shape index (κ1) is 72.9. The van der Waals surface area contributed by atoms with Gasteiger partial charge in [-0.15, -0.1) is 0 Å². The van der Waals surface area contributed by atoms with Gasteiger partial charge in [-0.1, -0.05) is 140 Å². The van der Waals surface area contributed by atoms with Gasteiger partial charge in [0.05, 0.1) is 0 Å². The van der Waals surface area contributed by atoms with Crippen LogP contribution in [0.1, 0.15) is 158 Å². The maximum atomic E-state index is 10.9. The zero-order valence-corrected chi connectivity index (χ0v) is 47.3. The summed E-state index contributed by atoms with van der Waals surface area (Å²) in [6, 6.07) is 22.8. The van der Waals surface area contributed by atoms with Crippen molar-refractivity contribution in [2.75, 3.05) is 26.2 Å². The fourth-order valence-electron chi connectivity index (χ4n) is 7.59. The number of aliphatic imine (C=N–C) groups is 1. The van der Waals surface area contributed by atoms with Gasteiger partial charge in [-0.05, 0) is 145 Å². The lowest BCUT2D eigenvalue weighted by Gasteiger charge is -2.23. The van der Waals surface area contributed by atoms with Gasteiger partial charge in [0.15, 0.2) is 0 Å². The number of primary amides is 1. The van der Waals surface area contributed by atoms with E-state index in [0.29, 0.717) is 33.9 Å². The predicted octanol–water partition coefficient (Wildman–Crippen LogP) is 10.4. The topological polar surface area (TPSA) is 296 Å². The fourth-order valence-corrected chi connectivity index (χ4v) is 7.59. The Morgan fingerprint density at radius 3 is 1.88 bits per heavy atom. The van der Waals surface area contributed by atoms with Crippen molar-refractivity contribution in [3.8, 4) is 11.5 Å². The maximum Gasteiger partial charge on any atom is 0.248 e. The van der Waals surface area contributed by atoms with Gasteiger partial charge in [0, 0.05) is 48.1 Å². The van der Waals surface area contributed by atoms with Crippen molar-refractivity contribution in [3.05, 3.63) is 138 Å². The Kier molecular flexibility index (Phi) is 46.0. The summed E-state index contributed by atoms with van der Waals surface area (Å²) in [5.41, 5.74) is 33.7. The lowest BCUT2D eigenvalue weighted by atomic mass is 9.88. The lowest BCUT2D eigenvalue weighted by Crippen LogP contribution is -2.27. The zero-order valence-electron chi connectivity index (χ0n) is 47.3. The molecule has 15 nitrogen and oxygen atoms in total. The number of para-hydroxylation sites is 1. The second-order valence-electron chi connectivity index (χ2n) is 18.5. The molecule has 0 radical (unpaired) electrons. The van der Waals surface area contributed by atoms with Crippen LogP contribution in [0.5, 0.6) is 11.5 Å². The summed E-state index contributed by atoms with van der Waals surface area (Å²) in [5.74, 6) is 11.7. The van der Waals surface area contributed by atoms with E-state index in [9.17, 15) is 14.4 Å². The number of hydrazine groups is 1. The summed E-state index contributed by atoms with van der Waals surface area (Å²) in [4.78, 5) is 44.4. The number of aryl methyl sites for hydroxylation is 2. The molecule has 2 atom stereocenters. The van der Waals surface area contributed by atoms with Crippen molar-refractivity contribution in [1.29, 1.82) is 0 Å². The first-order chi connectivity index (χ1) is 35.8. The van der Waals surface area contributed by atoms with Gasteiger partial charge in [0.1, 0.15) is 29.9 Å². The third-order valence-corrected chi connectivity index (χ3v) is 12.0. The molecule has 1 fully saturated rings. The number of amides is 2. The molecule has 2 unspecified atom stereocenters. The molecule has 1 aliphatic rings. The minimum absolute atomic E-state index is 0.102. The largest absolute Gasteiger partial charge is 0.457 e. The number of nitrogens with two attached hydrogens (primary N) is 7. The molecule has 0 bridgehead atoms. The van der Waals surface area contributed by atoms with E-state index in [1.165, 1.54) is 89.9 Å². The highest BCUT2D eigenvalue weighted by molar-refractivity contribution is 6.11. The van der Waals surface area contributed by atoms with Crippen LogP contribution in [0, 0.1) is 31.6 Å². The number of carbonyl (C=O) groups excluding carboxylic acids is 4. The fraction of sp³-hybridized carbons (Fsp3) is 0.483. The highest BCUT2D eigenvalue weighted by atomic mass is 16.5. The molecule has 75 heavy (non-hydrogen) atoms. The summed E-state index contributed by atoms with van der Waals surface area (Å²) >= 11 is 0. The second-order valence-corrected chi connectivity index (χ2v) is 18.5. The number of ether oxygens (including phenoxy) is 1. The van der Waals surface area contributed by atoms with Gasteiger partial charge in [0.25, 0.3) is 0 Å². The average molecular weight is 1040 g/mol. The zero-order chi connectivity index (χ0) is 57.6. The summed E-state index contributed by atoms with van der Waals surface area (Å²) in [5, 5.41) is 6.36. The molecule has 0 aliphatic carbocycles. The molecule has 15 heteroatoms. The van der Waals surface area contributed by atoms with Crippen molar-refractivity contribution >= 4 is 35.8 Å². The van der Waals surface area contributed by atoms with E-state index >= 15 is 0 Å². The number of Topliss-reactive ketones (excluding diaryl/α,β-unsaturated/α-hetero) is 1. The highest BCUT2D eigenvalue weighted by Crippen LogP contribution is 2.28. The molecule has 1 aliphatic heterocycles. The Hall–Kier alpha value is -6.39. The number of piperidine rings is 1. The number of unbranched alkanes of at least 4 members (excludes halogenated alkanes) is 3. The van der Waals surface area contributed by atoms with Gasteiger partial charge in [-0.2, -0.15) is 0 Å². The molecule has 1 heterocycles. The van der Waals surface area contributed by atoms with E-state index < -0.39 is 0 Å². The van der Waals surface area contributed by atoms with Crippen LogP contribution in [0.15, 0.2) is 121 Å². The number of carbonyl (C=O) groups is 4.